The van der Waals surface area contributed by atoms with Crippen LogP contribution in [0.5, 0.6) is 0 Å². The summed E-state index contributed by atoms with van der Waals surface area (Å²) in [6, 6.07) is -6.35. The zero-order chi connectivity index (χ0) is 71.9. The number of fused-ring (bicyclic) bond motifs is 2. The van der Waals surface area contributed by atoms with Crippen molar-refractivity contribution in [2.45, 2.75) is 282 Å². The molecule has 2 aromatic rings. The number of aliphatic hydroxyl groups is 2. The van der Waals surface area contributed by atoms with Crippen molar-refractivity contribution in [2.24, 2.45) is 58.0 Å². The third kappa shape index (κ3) is 21.0. The summed E-state index contributed by atoms with van der Waals surface area (Å²) in [7, 11) is 0. The van der Waals surface area contributed by atoms with Crippen LogP contribution in [0.3, 0.4) is 0 Å². The summed E-state index contributed by atoms with van der Waals surface area (Å²) < 4.78 is 0. The summed E-state index contributed by atoms with van der Waals surface area (Å²) in [6.45, 7) is 15.9. The Morgan fingerprint density at radius 3 is 1.39 bits per heavy atom. The van der Waals surface area contributed by atoms with E-state index < -0.39 is 101 Å². The van der Waals surface area contributed by atoms with Gasteiger partial charge in [0.1, 0.15) is 53.7 Å². The number of carbonyl (C=O) groups is 10. The highest BCUT2D eigenvalue weighted by atomic mass is 16.4. The summed E-state index contributed by atoms with van der Waals surface area (Å²) >= 11 is 0. The quantitative estimate of drug-likeness (QED) is 0.0557. The van der Waals surface area contributed by atoms with E-state index in [-0.39, 0.29) is 82.5 Å². The summed E-state index contributed by atoms with van der Waals surface area (Å²) in [5, 5.41) is 47.9. The minimum atomic E-state index is -1.40. The smallest absolute Gasteiger partial charge is 0.326 e. The molecule has 99 heavy (non-hydrogen) atoms. The van der Waals surface area contributed by atoms with E-state index in [2.05, 4.69) is 51.8 Å². The van der Waals surface area contributed by atoms with Gasteiger partial charge in [0.05, 0.1) is 18.4 Å². The van der Waals surface area contributed by atoms with Gasteiger partial charge in [0.25, 0.3) is 17.7 Å². The number of ketones is 1. The highest BCUT2D eigenvalue weighted by molar-refractivity contribution is 5.99. The highest BCUT2D eigenvalue weighted by Gasteiger charge is 2.54. The number of hydrogen-bond acceptors (Lipinski definition) is 17. The van der Waals surface area contributed by atoms with E-state index >= 15 is 0 Å². The first-order valence-electron chi connectivity index (χ1n) is 36.9. The van der Waals surface area contributed by atoms with Gasteiger partial charge in [-0.15, -0.1) is 0 Å². The first-order valence-corrected chi connectivity index (χ1v) is 36.9. The number of hydrogen-bond donors (Lipinski definition) is 10. The SMILES string of the molecule is CC(C)(C)[C@H](NC(=O)[C@@H](NC(=O)c1cnccn1)C1CCCCC1)C(=O)N1C[C@@H]2CCC[C@@H]2[C@H]1C(=O)O.CCC[C@H](N)C(O)C(=O)CC1CC1.CCC[C@H](NC(=O)[C@@H]1[C@H]2CCC[C@H]2CN1C(=O)[C@@H](NC(=O)[C@@H](NC(=O)c1cnccn1)C1CCCCC1)C(C)(C)C)C(O)C(=O)NC1CC1. The molecule has 0 spiro atoms. The van der Waals surface area contributed by atoms with E-state index in [1.807, 2.05) is 55.4 Å². The normalized spacial score (nSPS) is 24.8. The molecule has 4 heterocycles. The minimum Gasteiger partial charge on any atom is -0.480 e. The van der Waals surface area contributed by atoms with Gasteiger partial charge in [-0.2, -0.15) is 0 Å². The maximum atomic E-state index is 14.6. The lowest BCUT2D eigenvalue weighted by atomic mass is 9.82. The third-order valence-electron chi connectivity index (χ3n) is 21.7. The Labute approximate surface area is 583 Å². The second kappa shape index (κ2) is 35.5. The molecule has 14 atom stereocenters. The number of Topliss-reactive ketones (excluding diaryl/α,β-unsaturated/α-hetero) is 1. The number of aliphatic carboxylic acids is 1. The van der Waals surface area contributed by atoms with Gasteiger partial charge in [-0.05, 0) is 142 Å². The predicted octanol–water partition coefficient (Wildman–Crippen LogP) is 5.48. The first-order chi connectivity index (χ1) is 47.1. The van der Waals surface area contributed by atoms with E-state index in [1.54, 1.807) is 4.90 Å². The van der Waals surface area contributed by atoms with Crippen LogP contribution in [0.4, 0.5) is 0 Å². The number of aliphatic hydroxyl groups excluding tert-OH is 2. The van der Waals surface area contributed by atoms with Crippen molar-refractivity contribution >= 4 is 59.0 Å². The number of carboxylic acid groups (broad SMARTS) is 1. The molecule has 10 rings (SSSR count). The maximum Gasteiger partial charge on any atom is 0.326 e. The number of nitrogens with one attached hydrogen (secondary N) is 6. The second-order valence-electron chi connectivity index (χ2n) is 31.6. The average molecular weight is 1380 g/mol. The molecular weight excluding hydrogens is 1270 g/mol. The molecule has 2 aromatic heterocycles. The molecule has 6 aliphatic carbocycles. The number of carbonyl (C=O) groups excluding carboxylic acids is 9. The van der Waals surface area contributed by atoms with Crippen molar-refractivity contribution in [1.29, 1.82) is 0 Å². The Morgan fingerprint density at radius 2 is 0.990 bits per heavy atom. The molecule has 2 unspecified atom stereocenters. The molecule has 8 aliphatic rings. The number of carboxylic acids is 1. The zero-order valence-electron chi connectivity index (χ0n) is 59.6. The summed E-state index contributed by atoms with van der Waals surface area (Å²) in [4.78, 5) is 152. The number of rotatable bonds is 26. The van der Waals surface area contributed by atoms with Crippen molar-refractivity contribution in [3.8, 4) is 0 Å². The molecule has 2 aliphatic heterocycles. The molecule has 8 fully saturated rings. The van der Waals surface area contributed by atoms with Gasteiger partial charge >= 0.3 is 5.97 Å². The van der Waals surface area contributed by atoms with E-state index in [0.717, 1.165) is 141 Å². The van der Waals surface area contributed by atoms with Gasteiger partial charge in [0, 0.05) is 56.4 Å². The average Bonchev–Trinajstić information content (AvgIpc) is 1.64. The van der Waals surface area contributed by atoms with Crippen LogP contribution in [0.2, 0.25) is 0 Å². The van der Waals surface area contributed by atoms with Crippen LogP contribution in [-0.2, 0) is 38.4 Å². The number of aromatic nitrogens is 4. The fourth-order valence-corrected chi connectivity index (χ4v) is 15.8. The predicted molar refractivity (Wildman–Crippen MR) is 368 cm³/mol. The van der Waals surface area contributed by atoms with Crippen LogP contribution in [-0.4, -0.2) is 184 Å². The Balaban J connectivity index is 0.000000219. The van der Waals surface area contributed by atoms with Crippen LogP contribution in [0, 0.1) is 52.3 Å². The standard InChI is InChI=1S/C36H55N7O6.C27H39N5O5.C10H19NO2/c1-5-10-25(29(44)34(48)39-23-15-16-23)40-33(47)28-24-14-9-13-22(24)20-43(28)35(49)30(36(2,3)4)42-32(46)27(21-11-7-6-8-12-21)41-31(45)26-19-37-17-18-38-26;1-27(2,3)22(25(35)32-15-17-10-7-11-18(17)21(32)26(36)37)31-24(34)20(16-8-5-4-6-9-16)30-23(33)19-14-28-12-13-29-19;1-2-3-8(11)10(13)9(12)6-7-4-5-7/h17-19,21-25,27-30,44H,5-16,20H2,1-4H3,(H,39,48)(H,40,47)(H,41,45)(H,42,46);12-14,16-18,20-22H,4-11,15H2,1-3H3,(H,30,33)(H,31,34)(H,36,37);7-8,10,13H,2-6,11H2,1H3/t22-,24-,25-,27-,28-,29?,30+;17-,18-,20-,21-,22+;8-,10?/m000/s1. The molecule has 8 amide bonds. The monoisotopic (exact) mass is 1380 g/mol. The summed E-state index contributed by atoms with van der Waals surface area (Å²) in [5.74, 6) is -3.91. The first kappa shape index (κ1) is 77.7. The molecule has 11 N–H and O–H groups in total. The molecule has 0 bridgehead atoms. The van der Waals surface area contributed by atoms with Crippen molar-refractivity contribution in [2.75, 3.05) is 13.1 Å². The molecule has 2 saturated heterocycles. The van der Waals surface area contributed by atoms with Gasteiger partial charge in [0.2, 0.25) is 29.5 Å². The fraction of sp³-hybridized carbons (Fsp3) is 0.753. The van der Waals surface area contributed by atoms with Gasteiger partial charge < -0.3 is 62.8 Å². The third-order valence-corrected chi connectivity index (χ3v) is 21.7. The van der Waals surface area contributed by atoms with E-state index in [0.29, 0.717) is 38.3 Å². The lowest BCUT2D eigenvalue weighted by molar-refractivity contribution is -0.152. The zero-order valence-corrected chi connectivity index (χ0v) is 59.6. The van der Waals surface area contributed by atoms with Crippen LogP contribution < -0.4 is 37.6 Å². The van der Waals surface area contributed by atoms with Crippen molar-refractivity contribution in [1.82, 2.24) is 61.6 Å². The van der Waals surface area contributed by atoms with Gasteiger partial charge in [-0.25, -0.2) is 14.8 Å². The Morgan fingerprint density at radius 1 is 0.535 bits per heavy atom. The molecule has 0 radical (unpaired) electrons. The maximum absolute atomic E-state index is 14.6. The second-order valence-corrected chi connectivity index (χ2v) is 31.6. The summed E-state index contributed by atoms with van der Waals surface area (Å²) in [6.07, 6.45) is 27.9. The van der Waals surface area contributed by atoms with Crippen LogP contribution in [0.25, 0.3) is 0 Å². The molecule has 548 valence electrons. The van der Waals surface area contributed by atoms with E-state index in [9.17, 15) is 63.3 Å². The Bertz CT molecular complexity index is 3080. The topological polar surface area (TPSA) is 388 Å². The molecular formula is C73H113N13O13. The van der Waals surface area contributed by atoms with Crippen molar-refractivity contribution < 1.29 is 63.3 Å². The van der Waals surface area contributed by atoms with Crippen LogP contribution >= 0.6 is 0 Å². The van der Waals surface area contributed by atoms with Gasteiger partial charge in [-0.1, -0.05) is 120 Å². The number of nitrogens with zero attached hydrogens (tertiary/aromatic N) is 6. The van der Waals surface area contributed by atoms with E-state index in [4.69, 9.17) is 5.73 Å². The van der Waals surface area contributed by atoms with Crippen LogP contribution in [0.1, 0.15) is 237 Å². The Kier molecular flexibility index (Phi) is 27.9. The fourth-order valence-electron chi connectivity index (χ4n) is 15.8. The lowest BCUT2D eigenvalue weighted by Gasteiger charge is -2.38. The Hall–Kier alpha value is -7.06. The van der Waals surface area contributed by atoms with Gasteiger partial charge in [-0.3, -0.25) is 53.1 Å². The minimum absolute atomic E-state index is 0.0426. The molecule has 6 saturated carbocycles. The van der Waals surface area contributed by atoms with Crippen LogP contribution in [0.15, 0.2) is 37.2 Å². The van der Waals surface area contributed by atoms with E-state index in [1.165, 1.54) is 42.1 Å². The lowest BCUT2D eigenvalue weighted by Crippen LogP contribution is -2.62. The van der Waals surface area contributed by atoms with Crippen molar-refractivity contribution in [3.05, 3.63) is 48.6 Å². The summed E-state index contributed by atoms with van der Waals surface area (Å²) in [5.41, 5.74) is 4.49. The molecule has 0 aromatic carbocycles. The molecule has 26 heteroatoms. The van der Waals surface area contributed by atoms with Gasteiger partial charge in [0.15, 0.2) is 11.9 Å². The number of amides is 8. The highest BCUT2D eigenvalue weighted by Crippen LogP contribution is 2.45. The number of likely N-dealkylation sites (tertiary alicyclic amines) is 2. The largest absolute Gasteiger partial charge is 0.480 e. The molecule has 26 nitrogen and oxygen atoms in total. The van der Waals surface area contributed by atoms with Crippen molar-refractivity contribution in [3.63, 3.8) is 0 Å². The number of nitrogens with two attached hydrogens (primary N) is 1.